The van der Waals surface area contributed by atoms with Crippen molar-refractivity contribution in [3.8, 4) is 11.3 Å². The molecule has 3 N–H and O–H groups in total. The van der Waals surface area contributed by atoms with Gasteiger partial charge in [-0.1, -0.05) is 11.6 Å². The van der Waals surface area contributed by atoms with Crippen LogP contribution >= 0.6 is 11.6 Å². The zero-order chi connectivity index (χ0) is 21.6. The molecule has 0 saturated carbocycles. The van der Waals surface area contributed by atoms with Gasteiger partial charge in [-0.2, -0.15) is 0 Å². The van der Waals surface area contributed by atoms with Gasteiger partial charge in [-0.25, -0.2) is 8.42 Å². The Balaban J connectivity index is 1.72. The van der Waals surface area contributed by atoms with Crippen molar-refractivity contribution in [1.82, 2.24) is 9.97 Å². The number of hydrogen-bond acceptors (Lipinski definition) is 5. The van der Waals surface area contributed by atoms with Crippen LogP contribution in [0.5, 0.6) is 0 Å². The summed E-state index contributed by atoms with van der Waals surface area (Å²) in [5, 5.41) is 0.321. The van der Waals surface area contributed by atoms with E-state index in [1.165, 1.54) is 18.2 Å². The van der Waals surface area contributed by atoms with Crippen LogP contribution in [0, 0.1) is 13.8 Å². The quantitative estimate of drug-likeness (QED) is 0.414. The largest absolute Gasteiger partial charge is 0.461 e. The van der Waals surface area contributed by atoms with Gasteiger partial charge >= 0.3 is 11.1 Å². The van der Waals surface area contributed by atoms with Gasteiger partial charge in [-0.05, 0) is 61.9 Å². The first-order valence-corrected chi connectivity index (χ1v) is 10.7. The van der Waals surface area contributed by atoms with Gasteiger partial charge < -0.3 is 14.4 Å². The molecule has 0 spiro atoms. The van der Waals surface area contributed by atoms with Crippen molar-refractivity contribution in [2.45, 2.75) is 18.7 Å². The summed E-state index contributed by atoms with van der Waals surface area (Å²) in [5.41, 5.74) is 0.156. The Morgan fingerprint density at radius 1 is 0.933 bits per heavy atom. The monoisotopic (exact) mass is 445 g/mol. The number of sulfonamides is 1. The van der Waals surface area contributed by atoms with Gasteiger partial charge in [-0.3, -0.25) is 14.3 Å². The van der Waals surface area contributed by atoms with Crippen molar-refractivity contribution < 1.29 is 12.8 Å². The Morgan fingerprint density at radius 2 is 1.60 bits per heavy atom. The van der Waals surface area contributed by atoms with Gasteiger partial charge in [0.1, 0.15) is 11.5 Å². The number of benzene rings is 2. The van der Waals surface area contributed by atoms with Crippen LogP contribution in [0.2, 0.25) is 5.02 Å². The number of aryl methyl sites for hydroxylation is 2. The number of nitrogens with one attached hydrogen (secondary N) is 3. The maximum absolute atomic E-state index is 13.0. The summed E-state index contributed by atoms with van der Waals surface area (Å²) in [6, 6.07) is 11.1. The van der Waals surface area contributed by atoms with Crippen LogP contribution in [0.4, 0.5) is 5.69 Å². The van der Waals surface area contributed by atoms with E-state index in [0.29, 0.717) is 27.4 Å². The van der Waals surface area contributed by atoms with E-state index in [4.69, 9.17) is 16.0 Å². The van der Waals surface area contributed by atoms with Gasteiger partial charge in [-0.15, -0.1) is 0 Å². The van der Waals surface area contributed by atoms with Gasteiger partial charge in [0.15, 0.2) is 0 Å². The summed E-state index contributed by atoms with van der Waals surface area (Å²) in [7, 11) is -3.99. The molecule has 4 aromatic rings. The molecule has 2 aromatic carbocycles. The summed E-state index contributed by atoms with van der Waals surface area (Å²) in [5.74, 6) is 1.31. The average molecular weight is 446 g/mol. The van der Waals surface area contributed by atoms with Gasteiger partial charge in [0.2, 0.25) is 0 Å². The Kier molecular flexibility index (Phi) is 4.79. The number of hydrogen-bond donors (Lipinski definition) is 3. The van der Waals surface area contributed by atoms with E-state index in [1.54, 1.807) is 25.1 Å². The maximum Gasteiger partial charge on any atom is 0.314 e. The lowest BCUT2D eigenvalue weighted by Crippen LogP contribution is -2.29. The number of aromatic nitrogens is 2. The Bertz CT molecular complexity index is 1520. The lowest BCUT2D eigenvalue weighted by atomic mass is 10.1. The molecule has 0 aliphatic carbocycles. The van der Waals surface area contributed by atoms with E-state index in [-0.39, 0.29) is 16.1 Å². The fraction of sp³-hybridized carbons (Fsp3) is 0.100. The molecule has 0 fully saturated rings. The normalized spacial score (nSPS) is 11.7. The third-order valence-corrected chi connectivity index (χ3v) is 6.37. The Morgan fingerprint density at radius 3 is 2.20 bits per heavy atom. The summed E-state index contributed by atoms with van der Waals surface area (Å²) in [6.45, 7) is 3.40. The fourth-order valence-corrected chi connectivity index (χ4v) is 4.69. The Hall–Kier alpha value is -3.30. The predicted molar refractivity (Wildman–Crippen MR) is 115 cm³/mol. The molecule has 2 aromatic heterocycles. The molecule has 0 bridgehead atoms. The molecule has 0 saturated heterocycles. The molecule has 0 unspecified atom stereocenters. The minimum absolute atomic E-state index is 0.0421. The molecule has 8 nitrogen and oxygen atoms in total. The van der Waals surface area contributed by atoms with Gasteiger partial charge in [0.25, 0.3) is 10.0 Å². The summed E-state index contributed by atoms with van der Waals surface area (Å²) >= 11 is 6.32. The van der Waals surface area contributed by atoms with Crippen LogP contribution in [0.1, 0.15) is 11.3 Å². The first-order chi connectivity index (χ1) is 14.1. The predicted octanol–water partition coefficient (Wildman–Crippen LogP) is 3.55. The molecule has 0 aliphatic heterocycles. The average Bonchev–Trinajstić information content (AvgIpc) is 3.08. The maximum atomic E-state index is 13.0. The number of halogens is 1. The molecule has 154 valence electrons. The van der Waals surface area contributed by atoms with Crippen LogP contribution in [-0.4, -0.2) is 18.4 Å². The second-order valence-corrected chi connectivity index (χ2v) is 8.84. The summed E-state index contributed by atoms with van der Waals surface area (Å²) < 4.78 is 33.9. The van der Waals surface area contributed by atoms with Crippen LogP contribution in [0.3, 0.4) is 0 Å². The van der Waals surface area contributed by atoms with Crippen molar-refractivity contribution in [1.29, 1.82) is 0 Å². The van der Waals surface area contributed by atoms with Gasteiger partial charge in [0.05, 0.1) is 26.6 Å². The number of fused-ring (bicyclic) bond motifs is 1. The number of H-pyrrole nitrogens is 2. The zero-order valence-electron chi connectivity index (χ0n) is 15.9. The second-order valence-electron chi connectivity index (χ2n) is 6.78. The molecular formula is C20H16ClN3O5S. The molecule has 10 heteroatoms. The van der Waals surface area contributed by atoms with Crippen molar-refractivity contribution in [2.75, 3.05) is 4.72 Å². The highest BCUT2D eigenvalue weighted by Gasteiger charge is 2.19. The molecule has 0 radical (unpaired) electrons. The van der Waals surface area contributed by atoms with Crippen LogP contribution < -0.4 is 15.8 Å². The van der Waals surface area contributed by atoms with Crippen molar-refractivity contribution in [3.05, 3.63) is 79.5 Å². The highest BCUT2D eigenvalue weighted by molar-refractivity contribution is 7.92. The minimum atomic E-state index is -3.99. The Labute approximate surface area is 175 Å². The molecular weight excluding hydrogens is 430 g/mol. The molecule has 0 atom stereocenters. The molecule has 0 aliphatic rings. The van der Waals surface area contributed by atoms with Crippen LogP contribution in [-0.2, 0) is 10.0 Å². The fourth-order valence-electron chi connectivity index (χ4n) is 3.11. The highest BCUT2D eigenvalue weighted by atomic mass is 35.5. The summed E-state index contributed by atoms with van der Waals surface area (Å²) in [6.07, 6.45) is 0. The molecule has 30 heavy (non-hydrogen) atoms. The first-order valence-electron chi connectivity index (χ1n) is 8.80. The zero-order valence-corrected chi connectivity index (χ0v) is 17.4. The smallest absolute Gasteiger partial charge is 0.314 e. The SMILES string of the molecule is Cc1ccc(-c2ccc(NS(=O)(=O)c3cc4[nH]c(=O)c(=O)[nH]c4cc3C)cc2Cl)o1. The first kappa shape index (κ1) is 20.0. The van der Waals surface area contributed by atoms with Crippen LogP contribution in [0.25, 0.3) is 22.4 Å². The third-order valence-electron chi connectivity index (χ3n) is 4.53. The van der Waals surface area contributed by atoms with Crippen molar-refractivity contribution in [2.24, 2.45) is 0 Å². The van der Waals surface area contributed by atoms with E-state index >= 15 is 0 Å². The number of anilines is 1. The summed E-state index contributed by atoms with van der Waals surface area (Å²) in [4.78, 5) is 27.8. The molecule has 0 amide bonds. The standard InChI is InChI=1S/C20H16ClN3O5S/c1-10-7-15-16(23-20(26)19(25)22-15)9-18(10)30(27,28)24-12-4-5-13(14(21)8-12)17-6-3-11(2)29-17/h3-9,24H,1-2H3,(H,22,25)(H,23,26). The van der Waals surface area contributed by atoms with Gasteiger partial charge in [0, 0.05) is 5.56 Å². The van der Waals surface area contributed by atoms with E-state index in [9.17, 15) is 18.0 Å². The van der Waals surface area contributed by atoms with E-state index in [2.05, 4.69) is 14.7 Å². The van der Waals surface area contributed by atoms with Crippen LogP contribution in [0.15, 0.2) is 61.4 Å². The number of rotatable bonds is 4. The number of furan rings is 1. The second kappa shape index (κ2) is 7.19. The highest BCUT2D eigenvalue weighted by Crippen LogP contribution is 2.32. The van der Waals surface area contributed by atoms with Crippen molar-refractivity contribution >= 4 is 38.3 Å². The number of aromatic amines is 2. The lowest BCUT2D eigenvalue weighted by molar-refractivity contribution is 0.548. The van der Waals surface area contributed by atoms with E-state index < -0.39 is 21.1 Å². The molecule has 4 rings (SSSR count). The minimum Gasteiger partial charge on any atom is -0.461 e. The third kappa shape index (κ3) is 3.64. The van der Waals surface area contributed by atoms with E-state index in [1.807, 2.05) is 13.0 Å². The molecule has 2 heterocycles. The lowest BCUT2D eigenvalue weighted by Gasteiger charge is -2.12. The topological polar surface area (TPSA) is 125 Å². The van der Waals surface area contributed by atoms with E-state index in [0.717, 1.165) is 5.76 Å². The van der Waals surface area contributed by atoms with Crippen molar-refractivity contribution in [3.63, 3.8) is 0 Å².